The van der Waals surface area contributed by atoms with Crippen LogP contribution in [0.3, 0.4) is 0 Å². The number of carboxylic acid groups (broad SMARTS) is 1. The summed E-state index contributed by atoms with van der Waals surface area (Å²) < 4.78 is 11.1. The summed E-state index contributed by atoms with van der Waals surface area (Å²) >= 11 is 5.89. The topological polar surface area (TPSA) is 113 Å². The average Bonchev–Trinajstić information content (AvgIpc) is 3.21. The van der Waals surface area contributed by atoms with Gasteiger partial charge in [-0.05, 0) is 49.4 Å². The Kier molecular flexibility index (Phi) is 6.75. The molecule has 0 aliphatic carbocycles. The van der Waals surface area contributed by atoms with Crippen LogP contribution >= 0.6 is 11.6 Å². The Morgan fingerprint density at radius 3 is 2.74 bits per heavy atom. The number of halogens is 1. The molecule has 0 aliphatic heterocycles. The Balaban J connectivity index is 1.81. The number of carbonyl (C=O) groups excluding carboxylic acids is 1. The summed E-state index contributed by atoms with van der Waals surface area (Å²) in [6, 6.07) is 16.3. The van der Waals surface area contributed by atoms with Crippen LogP contribution in [-0.4, -0.2) is 23.6 Å². The summed E-state index contributed by atoms with van der Waals surface area (Å²) in [5, 5.41) is 21.4. The molecule has 31 heavy (non-hydrogen) atoms. The van der Waals surface area contributed by atoms with E-state index in [0.717, 1.165) is 0 Å². The Bertz CT molecular complexity index is 1210. The number of carbonyl (C=O) groups is 2. The first kappa shape index (κ1) is 21.7. The lowest BCUT2D eigenvalue weighted by Crippen LogP contribution is -2.13. The minimum Gasteiger partial charge on any atom is -0.494 e. The zero-order valence-corrected chi connectivity index (χ0v) is 17.1. The second-order valence-electron chi connectivity index (χ2n) is 6.29. The van der Waals surface area contributed by atoms with Gasteiger partial charge in [0, 0.05) is 23.4 Å². The van der Waals surface area contributed by atoms with Gasteiger partial charge in [0.15, 0.2) is 0 Å². The molecule has 0 saturated carbocycles. The fourth-order valence-electron chi connectivity index (χ4n) is 2.75. The summed E-state index contributed by atoms with van der Waals surface area (Å²) in [6.45, 7) is 2.34. The van der Waals surface area contributed by atoms with E-state index in [9.17, 15) is 20.0 Å². The lowest BCUT2D eigenvalue weighted by Gasteiger charge is -2.07. The number of ether oxygens (including phenoxy) is 1. The maximum Gasteiger partial charge on any atom is 0.337 e. The number of furan rings is 1. The number of amides is 1. The van der Waals surface area contributed by atoms with E-state index in [1.54, 1.807) is 42.5 Å². The molecule has 3 rings (SSSR count). The van der Waals surface area contributed by atoms with Gasteiger partial charge in [-0.15, -0.1) is 0 Å². The quantitative estimate of drug-likeness (QED) is 0.386. The minimum absolute atomic E-state index is 0.0565. The van der Waals surface area contributed by atoms with Crippen LogP contribution in [-0.2, 0) is 4.79 Å². The standard InChI is InChI=1S/C23H17ClN2O5/c1-2-30-17-5-3-4-16(12-17)26-22(27)15(13-25)10-18-7-9-21(31-18)14-6-8-20(24)19(11-14)23(28)29/h3-12H,2H2,1H3,(H,26,27)(H,28,29). The molecule has 2 aromatic carbocycles. The summed E-state index contributed by atoms with van der Waals surface area (Å²) in [6.07, 6.45) is 1.30. The molecule has 0 atom stereocenters. The number of nitrogens with zero attached hydrogens (tertiary/aromatic N) is 1. The van der Waals surface area contributed by atoms with Gasteiger partial charge in [0.25, 0.3) is 5.91 Å². The monoisotopic (exact) mass is 436 g/mol. The Morgan fingerprint density at radius 2 is 2.03 bits per heavy atom. The number of aromatic carboxylic acids is 1. The zero-order valence-electron chi connectivity index (χ0n) is 16.4. The molecule has 3 aromatic rings. The normalized spacial score (nSPS) is 10.9. The van der Waals surface area contributed by atoms with E-state index in [1.807, 2.05) is 13.0 Å². The zero-order chi connectivity index (χ0) is 22.4. The highest BCUT2D eigenvalue weighted by atomic mass is 35.5. The molecular weight excluding hydrogens is 420 g/mol. The van der Waals surface area contributed by atoms with Gasteiger partial charge in [-0.3, -0.25) is 4.79 Å². The first-order valence-corrected chi connectivity index (χ1v) is 9.58. The number of nitrogens with one attached hydrogen (secondary N) is 1. The lowest BCUT2D eigenvalue weighted by atomic mass is 10.1. The molecular formula is C23H17ClN2O5. The molecule has 0 aliphatic rings. The molecule has 0 spiro atoms. The molecule has 0 unspecified atom stereocenters. The van der Waals surface area contributed by atoms with Crippen LogP contribution in [0.2, 0.25) is 5.02 Å². The second kappa shape index (κ2) is 9.65. The molecule has 1 amide bonds. The first-order chi connectivity index (χ1) is 14.9. The fraction of sp³-hybridized carbons (Fsp3) is 0.0870. The predicted octanol–water partition coefficient (Wildman–Crippen LogP) is 5.24. The minimum atomic E-state index is -1.16. The second-order valence-corrected chi connectivity index (χ2v) is 6.69. The van der Waals surface area contributed by atoms with Crippen molar-refractivity contribution in [3.63, 3.8) is 0 Å². The molecule has 7 nitrogen and oxygen atoms in total. The van der Waals surface area contributed by atoms with Gasteiger partial charge in [-0.2, -0.15) is 5.26 Å². The summed E-state index contributed by atoms with van der Waals surface area (Å²) in [5.41, 5.74) is 0.765. The van der Waals surface area contributed by atoms with Gasteiger partial charge in [-0.1, -0.05) is 17.7 Å². The lowest BCUT2D eigenvalue weighted by molar-refractivity contribution is -0.112. The number of hydrogen-bond donors (Lipinski definition) is 2. The maximum atomic E-state index is 12.5. The highest BCUT2D eigenvalue weighted by molar-refractivity contribution is 6.33. The predicted molar refractivity (Wildman–Crippen MR) is 116 cm³/mol. The molecule has 1 heterocycles. The smallest absolute Gasteiger partial charge is 0.337 e. The van der Waals surface area contributed by atoms with Gasteiger partial charge >= 0.3 is 5.97 Å². The van der Waals surface area contributed by atoms with E-state index < -0.39 is 11.9 Å². The van der Waals surface area contributed by atoms with E-state index in [-0.39, 0.29) is 21.9 Å². The molecule has 2 N–H and O–H groups in total. The molecule has 0 radical (unpaired) electrons. The summed E-state index contributed by atoms with van der Waals surface area (Å²) in [4.78, 5) is 23.8. The van der Waals surface area contributed by atoms with Crippen molar-refractivity contribution in [2.45, 2.75) is 6.92 Å². The third kappa shape index (κ3) is 5.32. The van der Waals surface area contributed by atoms with Crippen molar-refractivity contribution in [1.82, 2.24) is 0 Å². The molecule has 156 valence electrons. The van der Waals surface area contributed by atoms with E-state index in [1.165, 1.54) is 18.2 Å². The Morgan fingerprint density at radius 1 is 1.23 bits per heavy atom. The van der Waals surface area contributed by atoms with Gasteiger partial charge in [0.2, 0.25) is 0 Å². The molecule has 0 bridgehead atoms. The van der Waals surface area contributed by atoms with Crippen molar-refractivity contribution in [1.29, 1.82) is 5.26 Å². The first-order valence-electron chi connectivity index (χ1n) is 9.20. The van der Waals surface area contributed by atoms with Crippen LogP contribution in [0.15, 0.2) is 64.6 Å². The van der Waals surface area contributed by atoms with Gasteiger partial charge < -0.3 is 19.6 Å². The number of anilines is 1. The summed E-state index contributed by atoms with van der Waals surface area (Å²) in [7, 11) is 0. The van der Waals surface area contributed by atoms with Gasteiger partial charge in [-0.25, -0.2) is 4.79 Å². The van der Waals surface area contributed by atoms with Crippen LogP contribution in [0.1, 0.15) is 23.0 Å². The molecule has 1 aromatic heterocycles. The third-order valence-corrected chi connectivity index (χ3v) is 4.49. The van der Waals surface area contributed by atoms with Crippen LogP contribution in [0.5, 0.6) is 5.75 Å². The molecule has 0 fully saturated rings. The summed E-state index contributed by atoms with van der Waals surface area (Å²) in [5.74, 6) is -0.532. The van der Waals surface area contributed by atoms with Crippen LogP contribution in [0.25, 0.3) is 17.4 Å². The molecule has 0 saturated heterocycles. The maximum absolute atomic E-state index is 12.5. The van der Waals surface area contributed by atoms with E-state index >= 15 is 0 Å². The van der Waals surface area contributed by atoms with Crippen molar-refractivity contribution < 1.29 is 23.8 Å². The largest absolute Gasteiger partial charge is 0.494 e. The van der Waals surface area contributed by atoms with Crippen molar-refractivity contribution in [3.8, 4) is 23.1 Å². The number of carboxylic acids is 1. The average molecular weight is 437 g/mol. The molecule has 8 heteroatoms. The van der Waals surface area contributed by atoms with Gasteiger partial charge in [0.1, 0.15) is 28.9 Å². The number of benzene rings is 2. The third-order valence-electron chi connectivity index (χ3n) is 4.16. The fourth-order valence-corrected chi connectivity index (χ4v) is 2.95. The van der Waals surface area contributed by atoms with Crippen molar-refractivity contribution >= 4 is 35.2 Å². The van der Waals surface area contributed by atoms with E-state index in [4.69, 9.17) is 20.8 Å². The van der Waals surface area contributed by atoms with Crippen molar-refractivity contribution in [3.05, 3.63) is 76.5 Å². The number of rotatable bonds is 7. The Hall–Kier alpha value is -4.02. The SMILES string of the molecule is CCOc1cccc(NC(=O)C(C#N)=Cc2ccc(-c3ccc(Cl)c(C(=O)O)c3)o2)c1. The van der Waals surface area contributed by atoms with Crippen molar-refractivity contribution in [2.24, 2.45) is 0 Å². The van der Waals surface area contributed by atoms with E-state index in [2.05, 4.69) is 5.32 Å². The van der Waals surface area contributed by atoms with Crippen LogP contribution in [0, 0.1) is 11.3 Å². The van der Waals surface area contributed by atoms with Crippen molar-refractivity contribution in [2.75, 3.05) is 11.9 Å². The van der Waals surface area contributed by atoms with Crippen LogP contribution < -0.4 is 10.1 Å². The van der Waals surface area contributed by atoms with E-state index in [0.29, 0.717) is 29.4 Å². The highest BCUT2D eigenvalue weighted by Gasteiger charge is 2.14. The van der Waals surface area contributed by atoms with Crippen LogP contribution in [0.4, 0.5) is 5.69 Å². The number of nitriles is 1. The number of hydrogen-bond acceptors (Lipinski definition) is 5. The highest BCUT2D eigenvalue weighted by Crippen LogP contribution is 2.28. The van der Waals surface area contributed by atoms with Gasteiger partial charge in [0.05, 0.1) is 17.2 Å². The Labute approximate surface area is 183 Å².